The van der Waals surface area contributed by atoms with Crippen molar-refractivity contribution in [2.75, 3.05) is 5.32 Å². The van der Waals surface area contributed by atoms with Crippen LogP contribution in [0.3, 0.4) is 0 Å². The van der Waals surface area contributed by atoms with E-state index >= 15 is 0 Å². The minimum Gasteiger partial charge on any atom is -0.381 e. The van der Waals surface area contributed by atoms with Crippen LogP contribution in [0.4, 0.5) is 11.4 Å². The Balaban J connectivity index is 2.08. The van der Waals surface area contributed by atoms with Crippen LogP contribution >= 0.6 is 27.3 Å². The SMILES string of the molecule is Cc1cc([N+](=O)[O-])ccc1NCc1csc(Br)c1. The summed E-state index contributed by atoms with van der Waals surface area (Å²) >= 11 is 5.05. The molecule has 18 heavy (non-hydrogen) atoms. The van der Waals surface area contributed by atoms with Gasteiger partial charge in [-0.05, 0) is 51.5 Å². The summed E-state index contributed by atoms with van der Waals surface area (Å²) in [6, 6.07) is 6.89. The summed E-state index contributed by atoms with van der Waals surface area (Å²) in [5.41, 5.74) is 3.10. The number of rotatable bonds is 4. The standard InChI is InChI=1S/C12H11BrN2O2S/c1-8-4-10(15(16)17)2-3-11(8)14-6-9-5-12(13)18-7-9/h2-5,7,14H,6H2,1H3. The van der Waals surface area contributed by atoms with E-state index in [1.807, 2.05) is 6.92 Å². The fourth-order valence-electron chi connectivity index (χ4n) is 1.60. The number of nitrogens with one attached hydrogen (secondary N) is 1. The highest BCUT2D eigenvalue weighted by molar-refractivity contribution is 9.11. The first-order valence-electron chi connectivity index (χ1n) is 5.28. The van der Waals surface area contributed by atoms with E-state index in [1.165, 1.54) is 11.6 Å². The molecule has 0 amide bonds. The molecule has 1 aromatic carbocycles. The van der Waals surface area contributed by atoms with Crippen LogP contribution in [0, 0.1) is 17.0 Å². The highest BCUT2D eigenvalue weighted by Gasteiger charge is 2.07. The van der Waals surface area contributed by atoms with Gasteiger partial charge in [0.1, 0.15) is 0 Å². The third-order valence-electron chi connectivity index (χ3n) is 2.53. The average molecular weight is 327 g/mol. The molecular formula is C12H11BrN2O2S. The molecule has 2 aromatic rings. The summed E-state index contributed by atoms with van der Waals surface area (Å²) in [5.74, 6) is 0. The molecule has 0 saturated carbocycles. The number of hydrogen-bond donors (Lipinski definition) is 1. The highest BCUT2D eigenvalue weighted by atomic mass is 79.9. The zero-order valence-corrected chi connectivity index (χ0v) is 12.0. The van der Waals surface area contributed by atoms with E-state index in [1.54, 1.807) is 23.5 Å². The Morgan fingerprint density at radius 1 is 1.44 bits per heavy atom. The van der Waals surface area contributed by atoms with Gasteiger partial charge in [0.2, 0.25) is 0 Å². The van der Waals surface area contributed by atoms with E-state index in [2.05, 4.69) is 32.7 Å². The van der Waals surface area contributed by atoms with Gasteiger partial charge in [-0.2, -0.15) is 0 Å². The summed E-state index contributed by atoms with van der Waals surface area (Å²) in [6.45, 7) is 2.57. The molecule has 6 heteroatoms. The van der Waals surface area contributed by atoms with E-state index in [-0.39, 0.29) is 10.6 Å². The normalized spacial score (nSPS) is 10.3. The summed E-state index contributed by atoms with van der Waals surface area (Å²) in [6.07, 6.45) is 0. The van der Waals surface area contributed by atoms with E-state index in [4.69, 9.17) is 0 Å². The van der Waals surface area contributed by atoms with Crippen LogP contribution in [0.5, 0.6) is 0 Å². The Bertz CT molecular complexity index is 583. The number of halogens is 1. The van der Waals surface area contributed by atoms with Crippen LogP contribution < -0.4 is 5.32 Å². The van der Waals surface area contributed by atoms with Crippen LogP contribution in [0.1, 0.15) is 11.1 Å². The monoisotopic (exact) mass is 326 g/mol. The predicted molar refractivity (Wildman–Crippen MR) is 77.2 cm³/mol. The number of non-ortho nitro benzene ring substituents is 1. The summed E-state index contributed by atoms with van der Waals surface area (Å²) in [4.78, 5) is 10.2. The molecule has 1 aromatic heterocycles. The molecule has 0 unspecified atom stereocenters. The van der Waals surface area contributed by atoms with Crippen molar-refractivity contribution in [1.82, 2.24) is 0 Å². The lowest BCUT2D eigenvalue weighted by molar-refractivity contribution is -0.384. The molecule has 94 valence electrons. The topological polar surface area (TPSA) is 55.2 Å². The lowest BCUT2D eigenvalue weighted by atomic mass is 10.1. The molecule has 0 radical (unpaired) electrons. The number of anilines is 1. The van der Waals surface area contributed by atoms with E-state index in [0.717, 1.165) is 15.0 Å². The van der Waals surface area contributed by atoms with Gasteiger partial charge in [0.05, 0.1) is 8.71 Å². The second kappa shape index (κ2) is 5.49. The average Bonchev–Trinajstić information content (AvgIpc) is 2.73. The summed E-state index contributed by atoms with van der Waals surface area (Å²) in [7, 11) is 0. The van der Waals surface area contributed by atoms with Gasteiger partial charge in [0, 0.05) is 24.4 Å². The Hall–Kier alpha value is -1.40. The van der Waals surface area contributed by atoms with Crippen LogP contribution in [0.25, 0.3) is 0 Å². The zero-order chi connectivity index (χ0) is 13.1. The molecule has 1 N–H and O–H groups in total. The number of hydrogen-bond acceptors (Lipinski definition) is 4. The summed E-state index contributed by atoms with van der Waals surface area (Å²) < 4.78 is 1.10. The minimum atomic E-state index is -0.382. The molecule has 0 aliphatic heterocycles. The predicted octanol–water partition coefficient (Wildman–Crippen LogP) is 4.34. The van der Waals surface area contributed by atoms with Gasteiger partial charge >= 0.3 is 0 Å². The first-order chi connectivity index (χ1) is 8.56. The van der Waals surface area contributed by atoms with Crippen LogP contribution in [-0.4, -0.2) is 4.92 Å². The second-order valence-electron chi connectivity index (χ2n) is 3.87. The lowest BCUT2D eigenvalue weighted by Crippen LogP contribution is -2.00. The van der Waals surface area contributed by atoms with Gasteiger partial charge < -0.3 is 5.32 Å². The number of benzene rings is 1. The second-order valence-corrected chi connectivity index (χ2v) is 6.16. The quantitative estimate of drug-likeness (QED) is 0.671. The number of aryl methyl sites for hydroxylation is 1. The number of nitro groups is 1. The fraction of sp³-hybridized carbons (Fsp3) is 0.167. The van der Waals surface area contributed by atoms with Crippen LogP contribution in [0.2, 0.25) is 0 Å². The van der Waals surface area contributed by atoms with Crippen LogP contribution in [-0.2, 0) is 6.54 Å². The summed E-state index contributed by atoms with van der Waals surface area (Å²) in [5, 5.41) is 16.0. The lowest BCUT2D eigenvalue weighted by Gasteiger charge is -2.08. The smallest absolute Gasteiger partial charge is 0.269 e. The highest BCUT2D eigenvalue weighted by Crippen LogP contribution is 2.24. The van der Waals surface area contributed by atoms with E-state index in [9.17, 15) is 10.1 Å². The van der Waals surface area contributed by atoms with Crippen molar-refractivity contribution in [3.05, 3.63) is 54.7 Å². The van der Waals surface area contributed by atoms with Crippen molar-refractivity contribution in [3.8, 4) is 0 Å². The molecule has 0 fully saturated rings. The zero-order valence-electron chi connectivity index (χ0n) is 9.64. The van der Waals surface area contributed by atoms with Crippen molar-refractivity contribution in [1.29, 1.82) is 0 Å². The van der Waals surface area contributed by atoms with Gasteiger partial charge in [-0.3, -0.25) is 10.1 Å². The molecule has 0 atom stereocenters. The minimum absolute atomic E-state index is 0.122. The molecule has 0 aliphatic rings. The van der Waals surface area contributed by atoms with Crippen molar-refractivity contribution in [2.45, 2.75) is 13.5 Å². The Labute approximate surface area is 117 Å². The molecule has 0 bridgehead atoms. The van der Waals surface area contributed by atoms with Crippen molar-refractivity contribution >= 4 is 38.6 Å². The third-order valence-corrected chi connectivity index (χ3v) is 4.08. The largest absolute Gasteiger partial charge is 0.381 e. The van der Waals surface area contributed by atoms with Gasteiger partial charge in [-0.25, -0.2) is 0 Å². The van der Waals surface area contributed by atoms with Crippen molar-refractivity contribution < 1.29 is 4.92 Å². The van der Waals surface area contributed by atoms with Gasteiger partial charge in [-0.1, -0.05) is 0 Å². The first kappa shape index (κ1) is 13.0. The third kappa shape index (κ3) is 3.08. The number of thiophene rings is 1. The Morgan fingerprint density at radius 2 is 2.22 bits per heavy atom. The van der Waals surface area contributed by atoms with Crippen molar-refractivity contribution in [2.24, 2.45) is 0 Å². The molecule has 0 saturated heterocycles. The molecule has 0 aliphatic carbocycles. The van der Waals surface area contributed by atoms with Gasteiger partial charge in [-0.15, -0.1) is 11.3 Å². The molecule has 2 rings (SSSR count). The molecular weight excluding hydrogens is 316 g/mol. The van der Waals surface area contributed by atoms with Crippen LogP contribution in [0.15, 0.2) is 33.4 Å². The Morgan fingerprint density at radius 3 is 2.78 bits per heavy atom. The number of nitro benzene ring substituents is 1. The molecule has 1 heterocycles. The van der Waals surface area contributed by atoms with E-state index < -0.39 is 0 Å². The van der Waals surface area contributed by atoms with E-state index in [0.29, 0.717) is 6.54 Å². The van der Waals surface area contributed by atoms with Gasteiger partial charge in [0.15, 0.2) is 0 Å². The van der Waals surface area contributed by atoms with Gasteiger partial charge in [0.25, 0.3) is 5.69 Å². The maximum Gasteiger partial charge on any atom is 0.269 e. The first-order valence-corrected chi connectivity index (χ1v) is 6.95. The Kier molecular flexibility index (Phi) is 3.98. The number of nitrogens with zero attached hydrogens (tertiary/aromatic N) is 1. The molecule has 4 nitrogen and oxygen atoms in total. The molecule has 0 spiro atoms. The maximum atomic E-state index is 10.6. The maximum absolute atomic E-state index is 10.6. The fourth-order valence-corrected chi connectivity index (χ4v) is 2.80. The van der Waals surface area contributed by atoms with Crippen molar-refractivity contribution in [3.63, 3.8) is 0 Å².